The Morgan fingerprint density at radius 1 is 1.11 bits per heavy atom. The summed E-state index contributed by atoms with van der Waals surface area (Å²) in [6.07, 6.45) is 3.52. The van der Waals surface area contributed by atoms with E-state index in [4.69, 9.17) is 21.4 Å². The van der Waals surface area contributed by atoms with Gasteiger partial charge in [-0.05, 0) is 49.6 Å². The van der Waals surface area contributed by atoms with Gasteiger partial charge in [-0.1, -0.05) is 41.9 Å². The Hall–Kier alpha value is -2.74. The van der Waals surface area contributed by atoms with E-state index in [-0.39, 0.29) is 23.4 Å². The summed E-state index contributed by atoms with van der Waals surface area (Å²) >= 11 is 6.06. The van der Waals surface area contributed by atoms with Gasteiger partial charge in [-0.2, -0.15) is 5.10 Å². The fraction of sp³-hybridized carbons (Fsp3) is 0.444. The minimum Gasteiger partial charge on any atom is -0.381 e. The number of benzene rings is 2. The highest BCUT2D eigenvalue weighted by atomic mass is 35.5. The molecule has 2 fully saturated rings. The van der Waals surface area contributed by atoms with Crippen molar-refractivity contribution in [2.24, 2.45) is 5.92 Å². The fourth-order valence-corrected chi connectivity index (χ4v) is 5.29. The van der Waals surface area contributed by atoms with Crippen LogP contribution in [0.1, 0.15) is 30.5 Å². The average Bonchev–Trinajstić information content (AvgIpc) is 3.56. The van der Waals surface area contributed by atoms with E-state index in [1.807, 2.05) is 48.5 Å². The monoisotopic (exact) mass is 494 g/mol. The molecule has 2 aliphatic rings. The molecule has 3 heterocycles. The summed E-state index contributed by atoms with van der Waals surface area (Å²) < 4.78 is 6.96. The largest absolute Gasteiger partial charge is 0.381 e. The minimum atomic E-state index is -0.0538. The SMILES string of the molecule is O=C(NCCN1CCC[C@@H]1Cn1nc(Cc2ccc(Cl)cc2)c2ccccc2c1=O)C1CCOC1. The molecule has 1 amide bonds. The molecule has 0 bridgehead atoms. The van der Waals surface area contributed by atoms with Crippen molar-refractivity contribution in [1.82, 2.24) is 20.0 Å². The number of carbonyl (C=O) groups excluding carboxylic acids is 1. The second-order valence-electron chi connectivity index (χ2n) is 9.47. The first kappa shape index (κ1) is 24.0. The number of halogens is 1. The zero-order valence-corrected chi connectivity index (χ0v) is 20.5. The molecule has 7 nitrogen and oxygen atoms in total. The minimum absolute atomic E-state index is 0.0242. The molecule has 5 rings (SSSR count). The first-order valence-electron chi connectivity index (χ1n) is 12.4. The van der Waals surface area contributed by atoms with Gasteiger partial charge in [0.15, 0.2) is 0 Å². The van der Waals surface area contributed by atoms with Gasteiger partial charge in [0.25, 0.3) is 5.56 Å². The maximum atomic E-state index is 13.3. The van der Waals surface area contributed by atoms with Crippen LogP contribution in [0.5, 0.6) is 0 Å². The van der Waals surface area contributed by atoms with Gasteiger partial charge in [0.05, 0.1) is 30.1 Å². The molecule has 0 aliphatic carbocycles. The van der Waals surface area contributed by atoms with Gasteiger partial charge < -0.3 is 10.1 Å². The number of carbonyl (C=O) groups is 1. The quantitative estimate of drug-likeness (QED) is 0.520. The van der Waals surface area contributed by atoms with Crippen LogP contribution in [0.15, 0.2) is 53.3 Å². The van der Waals surface area contributed by atoms with Crippen LogP contribution in [-0.2, 0) is 22.5 Å². The Labute approximate surface area is 210 Å². The van der Waals surface area contributed by atoms with Crippen LogP contribution in [0, 0.1) is 5.92 Å². The Bertz CT molecular complexity index is 1240. The molecule has 0 spiro atoms. The Morgan fingerprint density at radius 2 is 1.91 bits per heavy atom. The van der Waals surface area contributed by atoms with E-state index < -0.39 is 0 Å². The van der Waals surface area contributed by atoms with Crippen LogP contribution in [0.3, 0.4) is 0 Å². The van der Waals surface area contributed by atoms with Gasteiger partial charge in [-0.15, -0.1) is 0 Å². The zero-order valence-electron chi connectivity index (χ0n) is 19.8. The zero-order chi connectivity index (χ0) is 24.2. The highest BCUT2D eigenvalue weighted by Crippen LogP contribution is 2.21. The van der Waals surface area contributed by atoms with Crippen molar-refractivity contribution in [3.63, 3.8) is 0 Å². The molecule has 0 radical (unpaired) electrons. The van der Waals surface area contributed by atoms with Crippen molar-refractivity contribution in [3.8, 4) is 0 Å². The molecular formula is C27H31ClN4O3. The predicted octanol–water partition coefficient (Wildman–Crippen LogP) is 3.26. The van der Waals surface area contributed by atoms with Crippen molar-refractivity contribution in [2.75, 3.05) is 32.8 Å². The molecule has 2 aliphatic heterocycles. The summed E-state index contributed by atoms with van der Waals surface area (Å²) in [5.74, 6) is 0.0568. The van der Waals surface area contributed by atoms with Crippen molar-refractivity contribution < 1.29 is 9.53 Å². The molecule has 1 aromatic heterocycles. The third kappa shape index (κ3) is 5.58. The molecule has 2 aromatic carbocycles. The van der Waals surface area contributed by atoms with Gasteiger partial charge >= 0.3 is 0 Å². The van der Waals surface area contributed by atoms with Gasteiger partial charge in [0.2, 0.25) is 5.91 Å². The van der Waals surface area contributed by atoms with Gasteiger partial charge in [0, 0.05) is 42.6 Å². The van der Waals surface area contributed by atoms with Crippen molar-refractivity contribution in [1.29, 1.82) is 0 Å². The highest BCUT2D eigenvalue weighted by Gasteiger charge is 2.27. The Kier molecular flexibility index (Phi) is 7.46. The van der Waals surface area contributed by atoms with Crippen LogP contribution in [0.4, 0.5) is 0 Å². The van der Waals surface area contributed by atoms with E-state index in [1.165, 1.54) is 0 Å². The molecule has 1 unspecified atom stereocenters. The van der Waals surface area contributed by atoms with E-state index in [1.54, 1.807) is 4.68 Å². The lowest BCUT2D eigenvalue weighted by Gasteiger charge is -2.25. The lowest BCUT2D eigenvalue weighted by molar-refractivity contribution is -0.125. The molecule has 184 valence electrons. The molecule has 0 saturated carbocycles. The molecule has 3 aromatic rings. The summed E-state index contributed by atoms with van der Waals surface area (Å²) in [5.41, 5.74) is 1.93. The number of fused-ring (bicyclic) bond motifs is 1. The van der Waals surface area contributed by atoms with E-state index >= 15 is 0 Å². The van der Waals surface area contributed by atoms with E-state index in [0.717, 1.165) is 49.0 Å². The maximum Gasteiger partial charge on any atom is 0.274 e. The average molecular weight is 495 g/mol. The number of hydrogen-bond donors (Lipinski definition) is 1. The van der Waals surface area contributed by atoms with E-state index in [0.29, 0.717) is 43.1 Å². The lowest BCUT2D eigenvalue weighted by Crippen LogP contribution is -2.42. The molecule has 8 heteroatoms. The smallest absolute Gasteiger partial charge is 0.274 e. The van der Waals surface area contributed by atoms with Crippen LogP contribution in [0.2, 0.25) is 5.02 Å². The van der Waals surface area contributed by atoms with Crippen LogP contribution in [-0.4, -0.2) is 59.5 Å². The number of likely N-dealkylation sites (tertiary alicyclic amines) is 1. The van der Waals surface area contributed by atoms with E-state index in [9.17, 15) is 9.59 Å². The summed E-state index contributed by atoms with van der Waals surface area (Å²) in [5, 5.41) is 10.2. The summed E-state index contributed by atoms with van der Waals surface area (Å²) in [7, 11) is 0. The van der Waals surface area contributed by atoms with Crippen molar-refractivity contribution in [3.05, 3.63) is 75.2 Å². The number of hydrogen-bond acceptors (Lipinski definition) is 5. The second kappa shape index (κ2) is 10.9. The number of rotatable bonds is 8. The normalized spacial score (nSPS) is 20.5. The molecule has 1 N–H and O–H groups in total. The molecular weight excluding hydrogens is 464 g/mol. The van der Waals surface area contributed by atoms with Crippen molar-refractivity contribution in [2.45, 2.75) is 38.3 Å². The van der Waals surface area contributed by atoms with Crippen molar-refractivity contribution >= 4 is 28.3 Å². The van der Waals surface area contributed by atoms with Gasteiger partial charge in [0.1, 0.15) is 0 Å². The molecule has 35 heavy (non-hydrogen) atoms. The maximum absolute atomic E-state index is 13.3. The summed E-state index contributed by atoms with van der Waals surface area (Å²) in [4.78, 5) is 28.0. The number of ether oxygens (including phenoxy) is 1. The van der Waals surface area contributed by atoms with E-state index in [2.05, 4.69) is 10.2 Å². The topological polar surface area (TPSA) is 76.5 Å². The van der Waals surface area contributed by atoms with Crippen LogP contribution >= 0.6 is 11.6 Å². The molecule has 2 saturated heterocycles. The predicted molar refractivity (Wildman–Crippen MR) is 137 cm³/mol. The third-order valence-corrected chi connectivity index (χ3v) is 7.36. The summed E-state index contributed by atoms with van der Waals surface area (Å²) in [6, 6.07) is 15.7. The van der Waals surface area contributed by atoms with Crippen LogP contribution < -0.4 is 10.9 Å². The second-order valence-corrected chi connectivity index (χ2v) is 9.90. The lowest BCUT2D eigenvalue weighted by atomic mass is 10.0. The summed E-state index contributed by atoms with van der Waals surface area (Å²) in [6.45, 7) is 4.07. The fourth-order valence-electron chi connectivity index (χ4n) is 5.16. The van der Waals surface area contributed by atoms with Crippen LogP contribution in [0.25, 0.3) is 10.8 Å². The Morgan fingerprint density at radius 3 is 2.69 bits per heavy atom. The van der Waals surface area contributed by atoms with Gasteiger partial charge in [-0.25, -0.2) is 4.68 Å². The number of nitrogens with one attached hydrogen (secondary N) is 1. The first-order valence-corrected chi connectivity index (χ1v) is 12.8. The molecule has 2 atom stereocenters. The first-order chi connectivity index (χ1) is 17.1. The number of nitrogens with zero attached hydrogens (tertiary/aromatic N) is 3. The van der Waals surface area contributed by atoms with Gasteiger partial charge in [-0.3, -0.25) is 14.5 Å². The standard InChI is InChI=1S/C27H31ClN4O3/c28-21-9-7-19(8-10-21)16-25-23-5-1-2-6-24(23)27(34)32(30-25)17-22-4-3-13-31(22)14-12-29-26(33)20-11-15-35-18-20/h1-2,5-10,20,22H,3-4,11-18H2,(H,29,33)/t20?,22-/m1/s1. The Balaban J connectivity index is 1.31. The highest BCUT2D eigenvalue weighted by molar-refractivity contribution is 6.30. The third-order valence-electron chi connectivity index (χ3n) is 7.11. The number of aromatic nitrogens is 2. The number of amides is 1.